The number of ether oxygens (including phenoxy) is 1. The molecule has 0 bridgehead atoms. The Labute approximate surface area is 165 Å². The maximum Gasteiger partial charge on any atom is 0.326 e. The van der Waals surface area contributed by atoms with Gasteiger partial charge in [0.15, 0.2) is 0 Å². The Morgan fingerprint density at radius 1 is 1.07 bits per heavy atom. The molecule has 0 spiro atoms. The average molecular weight is 375 g/mol. The second-order valence-corrected chi connectivity index (χ2v) is 6.92. The highest BCUT2D eigenvalue weighted by molar-refractivity contribution is 5.87. The van der Waals surface area contributed by atoms with Gasteiger partial charge in [0.05, 0.1) is 12.3 Å². The van der Waals surface area contributed by atoms with Crippen molar-refractivity contribution in [2.24, 2.45) is 0 Å². The number of aromatic nitrogens is 2. The van der Waals surface area contributed by atoms with Gasteiger partial charge in [0, 0.05) is 11.3 Å². The van der Waals surface area contributed by atoms with Crippen molar-refractivity contribution in [3.63, 3.8) is 0 Å². The fourth-order valence-electron chi connectivity index (χ4n) is 3.72. The van der Waals surface area contributed by atoms with E-state index in [-0.39, 0.29) is 12.5 Å². The van der Waals surface area contributed by atoms with Gasteiger partial charge < -0.3 is 9.64 Å². The topological polar surface area (TPSA) is 46.8 Å². The molecule has 3 heterocycles. The quantitative estimate of drug-likeness (QED) is 0.550. The third kappa shape index (κ3) is 3.28. The van der Waals surface area contributed by atoms with Gasteiger partial charge in [-0.3, -0.25) is 9.20 Å². The second-order valence-electron chi connectivity index (χ2n) is 6.92. The van der Waals surface area contributed by atoms with E-state index in [4.69, 9.17) is 9.72 Å². The highest BCUT2D eigenvalue weighted by Gasteiger charge is 2.28. The fourth-order valence-corrected chi connectivity index (χ4v) is 3.72. The third-order valence-corrected chi connectivity index (χ3v) is 4.99. The van der Waals surface area contributed by atoms with E-state index >= 15 is 0 Å². The zero-order valence-corrected chi connectivity index (χ0v) is 16.4. The number of hydrogen-bond acceptors (Lipinski definition) is 4. The predicted molar refractivity (Wildman–Crippen MR) is 112 cm³/mol. The fraction of sp³-hybridized carbons (Fsp3) is 0.304. The van der Waals surface area contributed by atoms with Crippen molar-refractivity contribution >= 4 is 23.5 Å². The molecule has 28 heavy (non-hydrogen) atoms. The Hall–Kier alpha value is -3.08. The van der Waals surface area contributed by atoms with Crippen LogP contribution in [-0.2, 0) is 9.53 Å². The molecule has 0 saturated carbocycles. The first kappa shape index (κ1) is 18.3. The van der Waals surface area contributed by atoms with Crippen LogP contribution in [-0.4, -0.2) is 28.5 Å². The van der Waals surface area contributed by atoms with Gasteiger partial charge in [-0.25, -0.2) is 4.98 Å². The minimum absolute atomic E-state index is 0.186. The maximum atomic E-state index is 12.4. The zero-order valence-electron chi connectivity index (χ0n) is 16.4. The van der Waals surface area contributed by atoms with Crippen molar-refractivity contribution in [1.29, 1.82) is 0 Å². The lowest BCUT2D eigenvalue weighted by Crippen LogP contribution is -2.33. The molecule has 0 fully saturated rings. The molecule has 2 aromatic heterocycles. The summed E-state index contributed by atoms with van der Waals surface area (Å²) in [5.41, 5.74) is 5.03. The van der Waals surface area contributed by atoms with Crippen LogP contribution in [0.2, 0.25) is 0 Å². The minimum Gasteiger partial charge on any atom is -0.465 e. The van der Waals surface area contributed by atoms with Crippen LogP contribution in [0, 0.1) is 0 Å². The number of pyridine rings is 1. The minimum atomic E-state index is -0.224. The van der Waals surface area contributed by atoms with Gasteiger partial charge in [-0.2, -0.15) is 0 Å². The standard InChI is InChI=1S/C23H25N3O2/c1-3-5-12-18-15-19-13-9-14-20-24-22(17-10-7-6-8-11-17)23(26(19)20)25(18)16-21(27)28-4-2/h6-11,13-15H,3-5,12,16H2,1-2H3. The number of imidazole rings is 1. The summed E-state index contributed by atoms with van der Waals surface area (Å²) >= 11 is 0. The normalized spacial score (nSPS) is 12.9. The van der Waals surface area contributed by atoms with E-state index in [1.54, 1.807) is 0 Å². The third-order valence-electron chi connectivity index (χ3n) is 4.99. The summed E-state index contributed by atoms with van der Waals surface area (Å²) in [6.45, 7) is 4.58. The van der Waals surface area contributed by atoms with Gasteiger partial charge in [0.25, 0.3) is 0 Å². The van der Waals surface area contributed by atoms with Crippen LogP contribution in [0.5, 0.6) is 0 Å². The van der Waals surface area contributed by atoms with Crippen LogP contribution >= 0.6 is 0 Å². The van der Waals surface area contributed by atoms with Crippen molar-refractivity contribution in [1.82, 2.24) is 9.38 Å². The Morgan fingerprint density at radius 2 is 1.89 bits per heavy atom. The molecule has 5 heteroatoms. The first-order valence-corrected chi connectivity index (χ1v) is 9.93. The number of rotatable bonds is 7. The molecule has 0 atom stereocenters. The molecule has 1 aliphatic rings. The summed E-state index contributed by atoms with van der Waals surface area (Å²) in [4.78, 5) is 19.4. The maximum absolute atomic E-state index is 12.4. The van der Waals surface area contributed by atoms with Crippen LogP contribution in [0.4, 0.5) is 5.82 Å². The van der Waals surface area contributed by atoms with E-state index < -0.39 is 0 Å². The second kappa shape index (κ2) is 7.89. The number of nitrogens with zero attached hydrogens (tertiary/aromatic N) is 3. The molecular weight excluding hydrogens is 350 g/mol. The van der Waals surface area contributed by atoms with E-state index in [0.29, 0.717) is 6.61 Å². The van der Waals surface area contributed by atoms with Crippen molar-refractivity contribution in [3.05, 3.63) is 59.9 Å². The van der Waals surface area contributed by atoms with Crippen LogP contribution in [0.1, 0.15) is 38.8 Å². The number of benzene rings is 1. The van der Waals surface area contributed by atoms with E-state index in [1.165, 1.54) is 0 Å². The summed E-state index contributed by atoms with van der Waals surface area (Å²) in [7, 11) is 0. The van der Waals surface area contributed by atoms with Gasteiger partial charge in [-0.05, 0) is 38.0 Å². The number of anilines is 1. The number of esters is 1. The summed E-state index contributed by atoms with van der Waals surface area (Å²) < 4.78 is 7.40. The summed E-state index contributed by atoms with van der Waals surface area (Å²) in [5, 5.41) is 0. The summed E-state index contributed by atoms with van der Waals surface area (Å²) in [6, 6.07) is 16.3. The molecule has 0 radical (unpaired) electrons. The summed E-state index contributed by atoms with van der Waals surface area (Å²) in [6.07, 6.45) is 5.24. The van der Waals surface area contributed by atoms with Crippen molar-refractivity contribution < 1.29 is 9.53 Å². The highest BCUT2D eigenvalue weighted by atomic mass is 16.5. The van der Waals surface area contributed by atoms with Crippen molar-refractivity contribution in [3.8, 4) is 11.3 Å². The van der Waals surface area contributed by atoms with Gasteiger partial charge in [-0.15, -0.1) is 0 Å². The predicted octanol–water partition coefficient (Wildman–Crippen LogP) is 4.92. The van der Waals surface area contributed by atoms with Crippen LogP contribution in [0.15, 0.2) is 54.2 Å². The Balaban J connectivity index is 1.89. The van der Waals surface area contributed by atoms with Crippen molar-refractivity contribution in [2.75, 3.05) is 18.1 Å². The first-order chi connectivity index (χ1) is 13.7. The number of carbonyl (C=O) groups is 1. The highest BCUT2D eigenvalue weighted by Crippen LogP contribution is 2.38. The van der Waals surface area contributed by atoms with Gasteiger partial charge in [-0.1, -0.05) is 49.7 Å². The molecule has 4 rings (SSSR count). The van der Waals surface area contributed by atoms with Crippen LogP contribution < -0.4 is 4.90 Å². The van der Waals surface area contributed by atoms with E-state index in [2.05, 4.69) is 40.5 Å². The van der Waals surface area contributed by atoms with Gasteiger partial charge in [0.1, 0.15) is 23.7 Å². The molecule has 0 aliphatic carbocycles. The first-order valence-electron chi connectivity index (χ1n) is 9.93. The largest absolute Gasteiger partial charge is 0.465 e. The Morgan fingerprint density at radius 3 is 2.64 bits per heavy atom. The average Bonchev–Trinajstić information content (AvgIpc) is 3.11. The Kier molecular flexibility index (Phi) is 5.15. The molecule has 0 unspecified atom stereocenters. The summed E-state index contributed by atoms with van der Waals surface area (Å²) in [5.74, 6) is 0.719. The lowest BCUT2D eigenvalue weighted by molar-refractivity contribution is -0.141. The number of allylic oxidation sites excluding steroid dienone is 1. The lowest BCUT2D eigenvalue weighted by Gasteiger charge is -2.31. The van der Waals surface area contributed by atoms with Crippen LogP contribution in [0.3, 0.4) is 0 Å². The van der Waals surface area contributed by atoms with Crippen molar-refractivity contribution in [2.45, 2.75) is 33.1 Å². The molecule has 1 aliphatic heterocycles. The molecule has 3 aromatic rings. The molecule has 0 N–H and O–H groups in total. The van der Waals surface area contributed by atoms with Gasteiger partial charge in [0.2, 0.25) is 0 Å². The number of hydrogen-bond donors (Lipinski definition) is 0. The van der Waals surface area contributed by atoms with E-state index in [0.717, 1.165) is 53.4 Å². The molecular formula is C23H25N3O2. The number of unbranched alkanes of at least 4 members (excludes halogenated alkanes) is 1. The molecule has 1 aromatic carbocycles. The molecule has 0 amide bonds. The smallest absolute Gasteiger partial charge is 0.326 e. The van der Waals surface area contributed by atoms with Gasteiger partial charge >= 0.3 is 5.97 Å². The van der Waals surface area contributed by atoms with E-state index in [1.807, 2.05) is 37.3 Å². The molecule has 144 valence electrons. The Bertz CT molecular complexity index is 1020. The molecule has 0 saturated heterocycles. The van der Waals surface area contributed by atoms with E-state index in [9.17, 15) is 4.79 Å². The molecule has 5 nitrogen and oxygen atoms in total. The lowest BCUT2D eigenvalue weighted by atomic mass is 10.1. The monoisotopic (exact) mass is 375 g/mol. The number of carbonyl (C=O) groups excluding carboxylic acids is 1. The van der Waals surface area contributed by atoms with Crippen LogP contribution in [0.25, 0.3) is 23.0 Å². The zero-order chi connectivity index (χ0) is 19.5. The SMILES string of the molecule is CCCCC1=Cc2cccc3nc(-c4ccccc4)c(n23)N1CC(=O)OCC.